The van der Waals surface area contributed by atoms with E-state index in [1.54, 1.807) is 0 Å². The van der Waals surface area contributed by atoms with E-state index in [1.165, 1.54) is 11.3 Å². The van der Waals surface area contributed by atoms with Crippen molar-refractivity contribution in [3.63, 3.8) is 0 Å². The lowest BCUT2D eigenvalue weighted by Crippen LogP contribution is -2.29. The number of hydrogen-bond donors (Lipinski definition) is 1. The van der Waals surface area contributed by atoms with Gasteiger partial charge in [0.2, 0.25) is 0 Å². The smallest absolute Gasteiger partial charge is 0.260 e. The molecule has 2 aromatic rings. The van der Waals surface area contributed by atoms with Crippen LogP contribution in [0.25, 0.3) is 11.3 Å². The van der Waals surface area contributed by atoms with Gasteiger partial charge in [0.05, 0.1) is 23.9 Å². The first kappa shape index (κ1) is 14.3. The number of aromatic nitrogens is 2. The summed E-state index contributed by atoms with van der Waals surface area (Å²) in [6.07, 6.45) is 2.26. The largest absolute Gasteiger partial charge is 0.376 e. The first-order chi connectivity index (χ1) is 10.2. The number of hydrogen-bond acceptors (Lipinski definition) is 5. The van der Waals surface area contributed by atoms with E-state index in [-0.39, 0.29) is 11.7 Å². The Hall–Kier alpha value is -1.66. The molecule has 3 rings (SSSR count). The van der Waals surface area contributed by atoms with Gasteiger partial charge in [0.15, 0.2) is 5.13 Å². The van der Waals surface area contributed by atoms with Crippen LogP contribution in [0, 0.1) is 6.92 Å². The van der Waals surface area contributed by atoms with E-state index in [4.69, 9.17) is 4.74 Å². The Morgan fingerprint density at radius 3 is 3.05 bits per heavy atom. The van der Waals surface area contributed by atoms with Crippen molar-refractivity contribution in [1.82, 2.24) is 9.55 Å². The van der Waals surface area contributed by atoms with E-state index in [9.17, 15) is 4.79 Å². The molecule has 0 radical (unpaired) electrons. The first-order valence-electron chi connectivity index (χ1n) is 7.14. The van der Waals surface area contributed by atoms with E-state index in [0.717, 1.165) is 36.0 Å². The third-order valence-electron chi connectivity index (χ3n) is 3.80. The van der Waals surface area contributed by atoms with Crippen LogP contribution in [0.2, 0.25) is 0 Å². The summed E-state index contributed by atoms with van der Waals surface area (Å²) in [5.74, 6) is 0. The molecular weight excluding hydrogens is 286 g/mol. The average molecular weight is 305 g/mol. The lowest BCUT2D eigenvalue weighted by atomic mass is 10.2. The van der Waals surface area contributed by atoms with Crippen LogP contribution >= 0.6 is 11.3 Å². The molecule has 1 aliphatic rings. The maximum absolute atomic E-state index is 12.7. The van der Waals surface area contributed by atoms with Crippen molar-refractivity contribution in [1.29, 1.82) is 0 Å². The minimum absolute atomic E-state index is 0.0125. The second-order valence-corrected chi connectivity index (χ2v) is 6.09. The number of ether oxygens (including phenoxy) is 1. The molecule has 0 aromatic carbocycles. The second-order valence-electron chi connectivity index (χ2n) is 5.23. The highest BCUT2D eigenvalue weighted by Crippen LogP contribution is 2.23. The van der Waals surface area contributed by atoms with Gasteiger partial charge >= 0.3 is 0 Å². The molecule has 5 nitrogen and oxygen atoms in total. The van der Waals surface area contributed by atoms with Gasteiger partial charge in [-0.05, 0) is 31.9 Å². The Morgan fingerprint density at radius 1 is 1.52 bits per heavy atom. The first-order valence-corrected chi connectivity index (χ1v) is 8.02. The quantitative estimate of drug-likeness (QED) is 0.943. The predicted molar refractivity (Wildman–Crippen MR) is 85.1 cm³/mol. The lowest BCUT2D eigenvalue weighted by molar-refractivity contribution is 0.0957. The monoisotopic (exact) mass is 305 g/mol. The van der Waals surface area contributed by atoms with E-state index < -0.39 is 0 Å². The van der Waals surface area contributed by atoms with Crippen LogP contribution in [0.3, 0.4) is 0 Å². The molecule has 1 atom stereocenters. The number of thiazole rings is 1. The lowest BCUT2D eigenvalue weighted by Gasteiger charge is -2.15. The van der Waals surface area contributed by atoms with Gasteiger partial charge < -0.3 is 14.6 Å². The normalized spacial score (nSPS) is 18.1. The zero-order valence-electron chi connectivity index (χ0n) is 12.3. The minimum Gasteiger partial charge on any atom is -0.376 e. The van der Waals surface area contributed by atoms with Crippen molar-refractivity contribution in [2.75, 3.05) is 19.0 Å². The molecule has 2 aromatic heterocycles. The van der Waals surface area contributed by atoms with Crippen LogP contribution in [-0.2, 0) is 11.3 Å². The number of nitrogens with one attached hydrogen (secondary N) is 1. The molecule has 1 unspecified atom stereocenters. The Kier molecular flexibility index (Phi) is 4.07. The molecule has 0 spiro atoms. The highest BCUT2D eigenvalue weighted by molar-refractivity contribution is 7.14. The topological polar surface area (TPSA) is 56.1 Å². The summed E-state index contributed by atoms with van der Waals surface area (Å²) in [4.78, 5) is 17.2. The highest BCUT2D eigenvalue weighted by atomic mass is 32.1. The Bertz CT molecular complexity index is 686. The SMILES string of the molecule is CNc1nc(-c2ccc(C)n(CC3CCCO3)c2=O)cs1. The third kappa shape index (κ3) is 2.87. The van der Waals surface area contributed by atoms with Gasteiger partial charge in [0, 0.05) is 24.7 Å². The van der Waals surface area contributed by atoms with Crippen LogP contribution in [0.1, 0.15) is 18.5 Å². The van der Waals surface area contributed by atoms with Gasteiger partial charge in [0.1, 0.15) is 0 Å². The fourth-order valence-electron chi connectivity index (χ4n) is 2.60. The highest BCUT2D eigenvalue weighted by Gasteiger charge is 2.19. The maximum Gasteiger partial charge on any atom is 0.260 e. The molecule has 0 bridgehead atoms. The summed E-state index contributed by atoms with van der Waals surface area (Å²) in [6.45, 7) is 3.39. The van der Waals surface area contributed by atoms with Gasteiger partial charge in [-0.1, -0.05) is 0 Å². The number of nitrogens with zero attached hydrogens (tertiary/aromatic N) is 2. The van der Waals surface area contributed by atoms with Crippen molar-refractivity contribution in [2.24, 2.45) is 0 Å². The summed E-state index contributed by atoms with van der Waals surface area (Å²) < 4.78 is 7.46. The molecule has 21 heavy (non-hydrogen) atoms. The number of pyridine rings is 1. The molecule has 1 fully saturated rings. The molecule has 112 valence electrons. The van der Waals surface area contributed by atoms with Crippen LogP contribution in [0.4, 0.5) is 5.13 Å². The van der Waals surface area contributed by atoms with Gasteiger partial charge in [0.25, 0.3) is 5.56 Å². The van der Waals surface area contributed by atoms with E-state index in [0.29, 0.717) is 12.1 Å². The molecule has 6 heteroatoms. The van der Waals surface area contributed by atoms with Crippen LogP contribution < -0.4 is 10.9 Å². The molecule has 1 N–H and O–H groups in total. The minimum atomic E-state index is 0.0125. The summed E-state index contributed by atoms with van der Waals surface area (Å²) in [5.41, 5.74) is 2.36. The van der Waals surface area contributed by atoms with E-state index >= 15 is 0 Å². The zero-order valence-corrected chi connectivity index (χ0v) is 13.1. The number of aryl methyl sites for hydroxylation is 1. The summed E-state index contributed by atoms with van der Waals surface area (Å²) >= 11 is 1.50. The van der Waals surface area contributed by atoms with Crippen molar-refractivity contribution >= 4 is 16.5 Å². The van der Waals surface area contributed by atoms with Gasteiger partial charge in [-0.3, -0.25) is 4.79 Å². The van der Waals surface area contributed by atoms with Crippen molar-refractivity contribution in [3.8, 4) is 11.3 Å². The Balaban J connectivity index is 1.96. The molecule has 1 aliphatic heterocycles. The van der Waals surface area contributed by atoms with Crippen LogP contribution in [0.5, 0.6) is 0 Å². The summed E-state index contributed by atoms with van der Waals surface area (Å²) in [6, 6.07) is 3.84. The fourth-order valence-corrected chi connectivity index (χ4v) is 3.27. The summed E-state index contributed by atoms with van der Waals surface area (Å²) in [5, 5.41) is 5.73. The molecule has 0 amide bonds. The molecule has 0 aliphatic carbocycles. The Morgan fingerprint density at radius 2 is 2.38 bits per heavy atom. The van der Waals surface area contributed by atoms with Gasteiger partial charge in [-0.25, -0.2) is 4.98 Å². The molecule has 3 heterocycles. The number of rotatable bonds is 4. The number of anilines is 1. The molecule has 0 saturated carbocycles. The zero-order chi connectivity index (χ0) is 14.8. The third-order valence-corrected chi connectivity index (χ3v) is 4.66. The fraction of sp³-hybridized carbons (Fsp3) is 0.467. The van der Waals surface area contributed by atoms with Crippen LogP contribution in [-0.4, -0.2) is 29.3 Å². The maximum atomic E-state index is 12.7. The average Bonchev–Trinajstić information content (AvgIpc) is 3.14. The van der Waals surface area contributed by atoms with E-state index in [1.807, 2.05) is 36.1 Å². The van der Waals surface area contributed by atoms with Crippen LogP contribution in [0.15, 0.2) is 22.3 Å². The van der Waals surface area contributed by atoms with Crippen molar-refractivity contribution in [2.45, 2.75) is 32.4 Å². The van der Waals surface area contributed by atoms with Crippen molar-refractivity contribution < 1.29 is 4.74 Å². The Labute approximate surface area is 127 Å². The summed E-state index contributed by atoms with van der Waals surface area (Å²) in [7, 11) is 1.83. The standard InChI is InChI=1S/C15H19N3O2S/c1-10-5-6-12(13-9-21-15(16-2)17-13)14(19)18(10)8-11-4-3-7-20-11/h5-6,9,11H,3-4,7-8H2,1-2H3,(H,16,17). The second kappa shape index (κ2) is 5.99. The van der Waals surface area contributed by atoms with Gasteiger partial charge in [-0.2, -0.15) is 0 Å². The van der Waals surface area contributed by atoms with Crippen molar-refractivity contribution in [3.05, 3.63) is 33.6 Å². The molecule has 1 saturated heterocycles. The predicted octanol–water partition coefficient (Wildman–Crippen LogP) is 2.50. The van der Waals surface area contributed by atoms with E-state index in [2.05, 4.69) is 10.3 Å². The van der Waals surface area contributed by atoms with Gasteiger partial charge in [-0.15, -0.1) is 11.3 Å². The molecular formula is C15H19N3O2S.